The van der Waals surface area contributed by atoms with E-state index in [4.69, 9.17) is 0 Å². The number of hydrogen-bond acceptors (Lipinski definition) is 0. The Morgan fingerprint density at radius 2 is 1.29 bits per heavy atom. The highest BCUT2D eigenvalue weighted by Gasteiger charge is 1.81. The lowest BCUT2D eigenvalue weighted by Crippen LogP contribution is -1.71. The Morgan fingerprint density at radius 1 is 0.643 bits per heavy atom. The molecule has 0 aliphatic heterocycles. The van der Waals surface area contributed by atoms with Gasteiger partial charge < -0.3 is 0 Å². The van der Waals surface area contributed by atoms with Crippen molar-refractivity contribution >= 4 is 0 Å². The van der Waals surface area contributed by atoms with E-state index in [1.54, 1.807) is 0 Å². The molecule has 0 saturated carbocycles. The summed E-state index contributed by atoms with van der Waals surface area (Å²) in [5, 5.41) is 0. The summed E-state index contributed by atoms with van der Waals surface area (Å²) in [6.07, 6.45) is 25.5. The molecule has 0 aromatic rings. The van der Waals surface area contributed by atoms with Crippen molar-refractivity contribution in [2.24, 2.45) is 0 Å². The largest absolute Gasteiger partial charge is 0.0882 e. The van der Waals surface area contributed by atoms with Gasteiger partial charge in [0.25, 0.3) is 0 Å². The predicted octanol–water partition coefficient (Wildman–Crippen LogP) is 4.37. The third kappa shape index (κ3) is 6.47. The topological polar surface area (TPSA) is 0 Å². The fourth-order valence-corrected chi connectivity index (χ4v) is 1.33. The Labute approximate surface area is 87.7 Å². The Kier molecular flexibility index (Phi) is 6.74. The lowest BCUT2D eigenvalue weighted by Gasteiger charge is -1.90. The summed E-state index contributed by atoms with van der Waals surface area (Å²) in [5.41, 5.74) is 0. The van der Waals surface area contributed by atoms with Gasteiger partial charge in [0.05, 0.1) is 0 Å². The minimum absolute atomic E-state index is 1.05. The van der Waals surface area contributed by atoms with Gasteiger partial charge in [-0.3, -0.25) is 0 Å². The van der Waals surface area contributed by atoms with E-state index in [0.29, 0.717) is 0 Å². The van der Waals surface area contributed by atoms with Crippen molar-refractivity contribution in [2.45, 2.75) is 38.5 Å². The first-order valence-electron chi connectivity index (χ1n) is 5.52. The first-order chi connectivity index (χ1) is 7.00. The third-order valence-corrected chi connectivity index (χ3v) is 2.13. The summed E-state index contributed by atoms with van der Waals surface area (Å²) in [6, 6.07) is 0. The highest BCUT2D eigenvalue weighted by molar-refractivity contribution is 5.03. The Balaban J connectivity index is 2.34. The van der Waals surface area contributed by atoms with Crippen LogP contribution in [-0.4, -0.2) is 0 Å². The second-order valence-corrected chi connectivity index (χ2v) is 3.43. The molecule has 0 spiro atoms. The van der Waals surface area contributed by atoms with Gasteiger partial charge in [-0.05, 0) is 44.6 Å². The molecule has 0 heterocycles. The van der Waals surface area contributed by atoms with Crippen LogP contribution in [-0.2, 0) is 0 Å². The van der Waals surface area contributed by atoms with Crippen molar-refractivity contribution in [3.05, 3.63) is 48.6 Å². The smallest absolute Gasteiger partial charge is 0.0245 e. The van der Waals surface area contributed by atoms with Gasteiger partial charge in [0.15, 0.2) is 0 Å². The molecule has 0 N–H and O–H groups in total. The van der Waals surface area contributed by atoms with Crippen molar-refractivity contribution in [3.8, 4) is 0 Å². The first kappa shape index (κ1) is 11.0. The van der Waals surface area contributed by atoms with E-state index in [1.165, 1.54) is 0 Å². The summed E-state index contributed by atoms with van der Waals surface area (Å²) in [6.45, 7) is 0. The fourth-order valence-electron chi connectivity index (χ4n) is 1.33. The second kappa shape index (κ2) is 8.55. The van der Waals surface area contributed by atoms with E-state index in [9.17, 15) is 0 Å². The van der Waals surface area contributed by atoms with Gasteiger partial charge >= 0.3 is 0 Å². The molecule has 1 aliphatic rings. The molecule has 0 aromatic carbocycles. The predicted molar refractivity (Wildman–Crippen MR) is 62.9 cm³/mol. The lowest BCUT2D eigenvalue weighted by molar-refractivity contribution is 0.970. The van der Waals surface area contributed by atoms with Gasteiger partial charge in [-0.15, -0.1) is 0 Å². The van der Waals surface area contributed by atoms with E-state index in [0.717, 1.165) is 38.5 Å². The standard InChI is InChI=1S/C14H19/c1-2-4-6-8-10-12-14-13-11-9-7-5-3-1/h1-4,9,11-12H,5-8,13-14H2/b3-1+,4-2+,11-9+,12-10?. The number of hydrogen-bond donors (Lipinski definition) is 0. The first-order valence-corrected chi connectivity index (χ1v) is 5.52. The zero-order valence-electron chi connectivity index (χ0n) is 8.78. The van der Waals surface area contributed by atoms with E-state index in [2.05, 4.69) is 48.6 Å². The highest BCUT2D eigenvalue weighted by Crippen LogP contribution is 2.00. The van der Waals surface area contributed by atoms with Crippen LogP contribution in [0.25, 0.3) is 0 Å². The molecule has 75 valence electrons. The molecule has 0 nitrogen and oxygen atoms in total. The summed E-state index contributed by atoms with van der Waals surface area (Å²) in [4.78, 5) is 0. The van der Waals surface area contributed by atoms with Crippen LogP contribution in [0.1, 0.15) is 38.5 Å². The van der Waals surface area contributed by atoms with Gasteiger partial charge in [0, 0.05) is 0 Å². The van der Waals surface area contributed by atoms with Crippen LogP contribution < -0.4 is 0 Å². The minimum atomic E-state index is 1.05. The fraction of sp³-hybridized carbons (Fsp3) is 0.429. The van der Waals surface area contributed by atoms with E-state index < -0.39 is 0 Å². The average molecular weight is 187 g/mol. The third-order valence-electron chi connectivity index (χ3n) is 2.13. The molecule has 0 atom stereocenters. The van der Waals surface area contributed by atoms with Crippen LogP contribution in [0.2, 0.25) is 0 Å². The molecule has 1 rings (SSSR count). The van der Waals surface area contributed by atoms with Gasteiger partial charge in [-0.25, -0.2) is 0 Å². The summed E-state index contributed by atoms with van der Waals surface area (Å²) < 4.78 is 0. The Bertz CT molecular complexity index is 202. The van der Waals surface area contributed by atoms with E-state index >= 15 is 0 Å². The normalized spacial score (nSPS) is 28.6. The number of rotatable bonds is 0. The summed E-state index contributed by atoms with van der Waals surface area (Å²) in [5.74, 6) is 0. The Morgan fingerprint density at radius 3 is 2.14 bits per heavy atom. The molecule has 0 bridgehead atoms. The second-order valence-electron chi connectivity index (χ2n) is 3.43. The maximum Gasteiger partial charge on any atom is -0.0245 e. The van der Waals surface area contributed by atoms with Gasteiger partial charge in [0.1, 0.15) is 0 Å². The van der Waals surface area contributed by atoms with E-state index in [1.807, 2.05) is 0 Å². The van der Waals surface area contributed by atoms with Crippen LogP contribution >= 0.6 is 0 Å². The lowest BCUT2D eigenvalue weighted by atomic mass is 10.2. The zero-order valence-corrected chi connectivity index (χ0v) is 8.78. The molecule has 1 radical (unpaired) electrons. The average Bonchev–Trinajstić information content (AvgIpc) is 2.22. The molecule has 0 heteroatoms. The van der Waals surface area contributed by atoms with Crippen molar-refractivity contribution in [1.82, 2.24) is 0 Å². The molecule has 0 unspecified atom stereocenters. The maximum atomic E-state index is 3.30. The summed E-state index contributed by atoms with van der Waals surface area (Å²) in [7, 11) is 0. The van der Waals surface area contributed by atoms with Crippen LogP contribution in [0, 0.1) is 6.08 Å². The molecule has 14 heavy (non-hydrogen) atoms. The van der Waals surface area contributed by atoms with E-state index in [-0.39, 0.29) is 0 Å². The van der Waals surface area contributed by atoms with Crippen LogP contribution in [0.4, 0.5) is 0 Å². The van der Waals surface area contributed by atoms with Gasteiger partial charge in [-0.2, -0.15) is 0 Å². The van der Waals surface area contributed by atoms with Gasteiger partial charge in [0.2, 0.25) is 0 Å². The Hall–Kier alpha value is -1.04. The van der Waals surface area contributed by atoms with Crippen LogP contribution in [0.5, 0.6) is 0 Å². The van der Waals surface area contributed by atoms with Crippen molar-refractivity contribution in [1.29, 1.82) is 0 Å². The molecular weight excluding hydrogens is 168 g/mol. The molecule has 0 fully saturated rings. The molecular formula is C14H19. The maximum absolute atomic E-state index is 3.30. The highest BCUT2D eigenvalue weighted by atomic mass is 13.9. The zero-order chi connectivity index (χ0) is 9.90. The van der Waals surface area contributed by atoms with Crippen molar-refractivity contribution in [3.63, 3.8) is 0 Å². The quantitative estimate of drug-likeness (QED) is 0.494. The number of allylic oxidation sites excluding steroid dienone is 8. The van der Waals surface area contributed by atoms with Crippen molar-refractivity contribution in [2.75, 3.05) is 0 Å². The van der Waals surface area contributed by atoms with Crippen LogP contribution in [0.15, 0.2) is 42.5 Å². The summed E-state index contributed by atoms with van der Waals surface area (Å²) >= 11 is 0. The monoisotopic (exact) mass is 187 g/mol. The molecule has 0 amide bonds. The minimum Gasteiger partial charge on any atom is -0.0882 e. The van der Waals surface area contributed by atoms with Gasteiger partial charge in [-0.1, -0.05) is 42.5 Å². The molecule has 0 aromatic heterocycles. The van der Waals surface area contributed by atoms with Crippen LogP contribution in [0.3, 0.4) is 0 Å². The molecule has 1 aliphatic carbocycles. The molecule has 0 saturated heterocycles. The SMILES string of the molecule is [C]1=C/CC/C=C/CC/C=C/C=C/CC/1. The van der Waals surface area contributed by atoms with Crippen molar-refractivity contribution < 1.29 is 0 Å².